The van der Waals surface area contributed by atoms with Gasteiger partial charge in [0.2, 0.25) is 10.0 Å². The number of rotatable bonds is 6. The zero-order valence-corrected chi connectivity index (χ0v) is 17.8. The van der Waals surface area contributed by atoms with Gasteiger partial charge in [0.1, 0.15) is 0 Å². The molecule has 0 bridgehead atoms. The molecule has 0 aromatic heterocycles. The molecule has 1 amide bonds. The van der Waals surface area contributed by atoms with Crippen molar-refractivity contribution in [2.24, 2.45) is 0 Å². The predicted octanol–water partition coefficient (Wildman–Crippen LogP) is 5.21. The van der Waals surface area contributed by atoms with E-state index in [1.807, 2.05) is 0 Å². The summed E-state index contributed by atoms with van der Waals surface area (Å²) in [5.41, 5.74) is 2.13. The largest absolute Gasteiger partial charge is 0.322 e. The standard InChI is InChI=1S/C21H18Cl2N2O3S/c1-29(27,28)25(14-16-4-2-3-5-20(16)23)19-12-6-15(7-13-19)21(26)24-18-10-8-17(22)9-11-18/h2-13H,14H2,1H3,(H,24,26). The number of hydrogen-bond donors (Lipinski definition) is 1. The summed E-state index contributed by atoms with van der Waals surface area (Å²) in [7, 11) is -3.56. The van der Waals surface area contributed by atoms with Gasteiger partial charge >= 0.3 is 0 Å². The van der Waals surface area contributed by atoms with Gasteiger partial charge in [-0.25, -0.2) is 8.42 Å². The van der Waals surface area contributed by atoms with Crippen LogP contribution in [0.3, 0.4) is 0 Å². The van der Waals surface area contributed by atoms with Gasteiger partial charge in [0.15, 0.2) is 0 Å². The lowest BCUT2D eigenvalue weighted by Gasteiger charge is -2.23. The first-order valence-electron chi connectivity index (χ1n) is 8.62. The van der Waals surface area contributed by atoms with Crippen LogP contribution in [0.25, 0.3) is 0 Å². The molecule has 0 aliphatic heterocycles. The van der Waals surface area contributed by atoms with Crippen LogP contribution in [0, 0.1) is 0 Å². The molecule has 5 nitrogen and oxygen atoms in total. The van der Waals surface area contributed by atoms with Crippen molar-refractivity contribution in [2.75, 3.05) is 15.9 Å². The average Bonchev–Trinajstić information content (AvgIpc) is 2.68. The van der Waals surface area contributed by atoms with Crippen LogP contribution in [0.2, 0.25) is 10.0 Å². The number of anilines is 2. The molecule has 0 unspecified atom stereocenters. The zero-order chi connectivity index (χ0) is 21.0. The van der Waals surface area contributed by atoms with Gasteiger partial charge in [-0.3, -0.25) is 9.10 Å². The lowest BCUT2D eigenvalue weighted by atomic mass is 10.1. The Morgan fingerprint density at radius 1 is 0.931 bits per heavy atom. The molecule has 0 radical (unpaired) electrons. The highest BCUT2D eigenvalue weighted by Crippen LogP contribution is 2.25. The molecule has 0 saturated heterocycles. The molecule has 8 heteroatoms. The fraction of sp³-hybridized carbons (Fsp3) is 0.0952. The SMILES string of the molecule is CS(=O)(=O)N(Cc1ccccc1Cl)c1ccc(C(=O)Nc2ccc(Cl)cc2)cc1. The molecule has 3 rings (SSSR count). The fourth-order valence-corrected chi connectivity index (χ4v) is 3.90. The summed E-state index contributed by atoms with van der Waals surface area (Å²) in [4.78, 5) is 12.4. The molecule has 0 spiro atoms. The smallest absolute Gasteiger partial charge is 0.255 e. The third-order valence-corrected chi connectivity index (χ3v) is 5.95. The van der Waals surface area contributed by atoms with E-state index in [0.717, 1.165) is 6.26 Å². The van der Waals surface area contributed by atoms with Crippen molar-refractivity contribution in [3.8, 4) is 0 Å². The van der Waals surface area contributed by atoms with Crippen molar-refractivity contribution in [3.63, 3.8) is 0 Å². The Kier molecular flexibility index (Phi) is 6.47. The lowest BCUT2D eigenvalue weighted by molar-refractivity contribution is 0.102. The van der Waals surface area contributed by atoms with E-state index < -0.39 is 10.0 Å². The van der Waals surface area contributed by atoms with Gasteiger partial charge in [-0.05, 0) is 60.2 Å². The average molecular weight is 449 g/mol. The second-order valence-corrected chi connectivity index (χ2v) is 9.12. The predicted molar refractivity (Wildman–Crippen MR) is 118 cm³/mol. The monoisotopic (exact) mass is 448 g/mol. The lowest BCUT2D eigenvalue weighted by Crippen LogP contribution is -2.29. The van der Waals surface area contributed by atoms with Crippen LogP contribution in [-0.4, -0.2) is 20.6 Å². The van der Waals surface area contributed by atoms with Crippen LogP contribution >= 0.6 is 23.2 Å². The van der Waals surface area contributed by atoms with Crippen molar-refractivity contribution in [1.82, 2.24) is 0 Å². The van der Waals surface area contributed by atoms with Crippen LogP contribution < -0.4 is 9.62 Å². The first-order chi connectivity index (χ1) is 13.7. The summed E-state index contributed by atoms with van der Waals surface area (Å²) in [6.45, 7) is 0.0921. The number of benzene rings is 3. The highest BCUT2D eigenvalue weighted by Gasteiger charge is 2.19. The van der Waals surface area contributed by atoms with Gasteiger partial charge in [-0.15, -0.1) is 0 Å². The molecule has 0 aliphatic rings. The summed E-state index contributed by atoms with van der Waals surface area (Å²) in [6, 6.07) is 20.2. The molecule has 0 fully saturated rings. The molecule has 29 heavy (non-hydrogen) atoms. The molecule has 1 N–H and O–H groups in total. The van der Waals surface area contributed by atoms with Gasteiger partial charge in [0.25, 0.3) is 5.91 Å². The van der Waals surface area contributed by atoms with Gasteiger partial charge in [-0.2, -0.15) is 0 Å². The highest BCUT2D eigenvalue weighted by atomic mass is 35.5. The Bertz CT molecular complexity index is 1120. The van der Waals surface area contributed by atoms with E-state index in [9.17, 15) is 13.2 Å². The van der Waals surface area contributed by atoms with Gasteiger partial charge < -0.3 is 5.32 Å². The molecule has 0 heterocycles. The Hall–Kier alpha value is -2.54. The van der Waals surface area contributed by atoms with E-state index in [-0.39, 0.29) is 12.5 Å². The van der Waals surface area contributed by atoms with Crippen LogP contribution in [0.5, 0.6) is 0 Å². The van der Waals surface area contributed by atoms with Crippen molar-refractivity contribution in [3.05, 3.63) is 94.0 Å². The normalized spacial score (nSPS) is 11.1. The van der Waals surface area contributed by atoms with Crippen LogP contribution in [0.4, 0.5) is 11.4 Å². The number of halogens is 2. The minimum Gasteiger partial charge on any atom is -0.322 e. The maximum Gasteiger partial charge on any atom is 0.255 e. The number of nitrogens with zero attached hydrogens (tertiary/aromatic N) is 1. The Morgan fingerprint density at radius 2 is 1.55 bits per heavy atom. The maximum atomic E-state index is 12.4. The van der Waals surface area contributed by atoms with Crippen molar-refractivity contribution in [2.45, 2.75) is 6.54 Å². The number of hydrogen-bond acceptors (Lipinski definition) is 3. The number of carbonyl (C=O) groups is 1. The minimum atomic E-state index is -3.56. The summed E-state index contributed by atoms with van der Waals surface area (Å²) in [5.74, 6) is -0.309. The van der Waals surface area contributed by atoms with Gasteiger partial charge in [0.05, 0.1) is 18.5 Å². The molecule has 0 atom stereocenters. The van der Waals surface area contributed by atoms with Crippen LogP contribution in [-0.2, 0) is 16.6 Å². The van der Waals surface area contributed by atoms with E-state index in [0.29, 0.717) is 32.5 Å². The van der Waals surface area contributed by atoms with Crippen molar-refractivity contribution >= 4 is 50.5 Å². The molecular formula is C21H18Cl2N2O3S. The van der Waals surface area contributed by atoms with Crippen molar-refractivity contribution < 1.29 is 13.2 Å². The van der Waals surface area contributed by atoms with Gasteiger partial charge in [0, 0.05) is 21.3 Å². The van der Waals surface area contributed by atoms with Crippen molar-refractivity contribution in [1.29, 1.82) is 0 Å². The summed E-state index contributed by atoms with van der Waals surface area (Å²) >= 11 is 12.0. The third-order valence-electron chi connectivity index (χ3n) is 4.19. The van der Waals surface area contributed by atoms with E-state index >= 15 is 0 Å². The summed E-state index contributed by atoms with van der Waals surface area (Å²) in [5, 5.41) is 3.83. The van der Waals surface area contributed by atoms with Crippen LogP contribution in [0.1, 0.15) is 15.9 Å². The molecular weight excluding hydrogens is 431 g/mol. The first kappa shape index (κ1) is 21.2. The summed E-state index contributed by atoms with van der Waals surface area (Å²) in [6.07, 6.45) is 1.13. The second kappa shape index (κ2) is 8.86. The van der Waals surface area contributed by atoms with Crippen LogP contribution in [0.15, 0.2) is 72.8 Å². The Balaban J connectivity index is 1.81. The fourth-order valence-electron chi connectivity index (χ4n) is 2.70. The minimum absolute atomic E-state index is 0.0921. The number of amides is 1. The van der Waals surface area contributed by atoms with E-state index in [4.69, 9.17) is 23.2 Å². The second-order valence-electron chi connectivity index (χ2n) is 6.37. The third kappa shape index (κ3) is 5.50. The molecule has 150 valence electrons. The van der Waals surface area contributed by atoms with E-state index in [2.05, 4.69) is 5.32 Å². The molecule has 0 aliphatic carbocycles. The topological polar surface area (TPSA) is 66.5 Å². The summed E-state index contributed by atoms with van der Waals surface area (Å²) < 4.78 is 25.9. The van der Waals surface area contributed by atoms with E-state index in [1.54, 1.807) is 72.8 Å². The van der Waals surface area contributed by atoms with Gasteiger partial charge in [-0.1, -0.05) is 41.4 Å². The number of sulfonamides is 1. The molecule has 0 saturated carbocycles. The number of carbonyl (C=O) groups excluding carboxylic acids is 1. The number of nitrogens with one attached hydrogen (secondary N) is 1. The Morgan fingerprint density at radius 3 is 2.14 bits per heavy atom. The molecule has 3 aromatic rings. The highest BCUT2D eigenvalue weighted by molar-refractivity contribution is 7.92. The molecule has 3 aromatic carbocycles. The first-order valence-corrected chi connectivity index (χ1v) is 11.2. The van der Waals surface area contributed by atoms with E-state index in [1.165, 1.54) is 4.31 Å². The quantitative estimate of drug-likeness (QED) is 0.562. The Labute approximate surface area is 179 Å². The zero-order valence-electron chi connectivity index (χ0n) is 15.5. The maximum absolute atomic E-state index is 12.4.